The lowest BCUT2D eigenvalue weighted by Crippen LogP contribution is -2.40. The number of sulfone groups is 1. The Morgan fingerprint density at radius 1 is 1.20 bits per heavy atom. The van der Waals surface area contributed by atoms with E-state index in [1.165, 1.54) is 23.1 Å². The first-order chi connectivity index (χ1) is 11.8. The zero-order chi connectivity index (χ0) is 18.4. The van der Waals surface area contributed by atoms with Gasteiger partial charge in [0.15, 0.2) is 9.84 Å². The number of hydrogen-bond acceptors (Lipinski definition) is 5. The maximum absolute atomic E-state index is 12.6. The molecule has 0 bridgehead atoms. The van der Waals surface area contributed by atoms with Gasteiger partial charge in [0.1, 0.15) is 0 Å². The highest BCUT2D eigenvalue weighted by atomic mass is 32.2. The number of carbonyl (C=O) groups is 2. The average molecular weight is 380 g/mol. The molecule has 2 amide bonds. The van der Waals surface area contributed by atoms with Crippen molar-refractivity contribution in [3.05, 3.63) is 52.2 Å². The number of nitrogens with one attached hydrogen (secondary N) is 1. The summed E-state index contributed by atoms with van der Waals surface area (Å²) in [6, 6.07) is 9.67. The zero-order valence-corrected chi connectivity index (χ0v) is 15.7. The number of hydrogen-bond donors (Lipinski definition) is 1. The molecule has 1 heterocycles. The topological polar surface area (TPSA) is 83.6 Å². The van der Waals surface area contributed by atoms with Gasteiger partial charge < -0.3 is 10.2 Å². The number of carbonyl (C=O) groups excluding carboxylic acids is 2. The summed E-state index contributed by atoms with van der Waals surface area (Å²) >= 11 is 1.54. The van der Waals surface area contributed by atoms with E-state index in [1.807, 2.05) is 17.5 Å². The van der Waals surface area contributed by atoms with Crippen LogP contribution in [-0.2, 0) is 21.2 Å². The van der Waals surface area contributed by atoms with Crippen molar-refractivity contribution in [1.29, 1.82) is 0 Å². The summed E-state index contributed by atoms with van der Waals surface area (Å²) in [7, 11) is -3.40. The third-order valence-electron chi connectivity index (χ3n) is 3.55. The Hall–Kier alpha value is -2.19. The molecule has 8 heteroatoms. The fraction of sp³-hybridized carbons (Fsp3) is 0.294. The van der Waals surface area contributed by atoms with E-state index in [9.17, 15) is 18.0 Å². The standard InChI is InChI=1S/C17H20N2O4S2/c1-3-19(12-16(20)18-11-14-7-5-9-24-14)17(21)13-6-4-8-15(10-13)25(2,22)23/h4-10H,3,11-12H2,1-2H3,(H,18,20). The van der Waals surface area contributed by atoms with Crippen LogP contribution >= 0.6 is 11.3 Å². The molecule has 134 valence electrons. The van der Waals surface area contributed by atoms with Crippen LogP contribution in [0.3, 0.4) is 0 Å². The van der Waals surface area contributed by atoms with E-state index in [4.69, 9.17) is 0 Å². The Balaban J connectivity index is 2.04. The molecule has 0 spiro atoms. The summed E-state index contributed by atoms with van der Waals surface area (Å²) in [5.74, 6) is -0.637. The number of likely N-dealkylation sites (N-methyl/N-ethyl adjacent to an activating group) is 1. The van der Waals surface area contributed by atoms with E-state index >= 15 is 0 Å². The Labute approximate surface area is 151 Å². The fourth-order valence-electron chi connectivity index (χ4n) is 2.20. The molecule has 0 aliphatic rings. The second-order valence-corrected chi connectivity index (χ2v) is 8.52. The second kappa shape index (κ2) is 8.26. The molecule has 0 atom stereocenters. The summed E-state index contributed by atoms with van der Waals surface area (Å²) < 4.78 is 23.3. The Kier molecular flexibility index (Phi) is 6.33. The normalized spacial score (nSPS) is 11.1. The molecule has 2 aromatic rings. The monoisotopic (exact) mass is 380 g/mol. The number of rotatable bonds is 7. The SMILES string of the molecule is CCN(CC(=O)NCc1cccs1)C(=O)c1cccc(S(C)(=O)=O)c1. The van der Waals surface area contributed by atoms with Crippen LogP contribution in [0, 0.1) is 0 Å². The largest absolute Gasteiger partial charge is 0.350 e. The summed E-state index contributed by atoms with van der Waals surface area (Å²) in [6.07, 6.45) is 1.09. The summed E-state index contributed by atoms with van der Waals surface area (Å²) in [4.78, 5) is 27.1. The van der Waals surface area contributed by atoms with Crippen molar-refractivity contribution in [3.63, 3.8) is 0 Å². The van der Waals surface area contributed by atoms with E-state index in [2.05, 4.69) is 5.32 Å². The van der Waals surface area contributed by atoms with Gasteiger partial charge in [0.25, 0.3) is 5.91 Å². The van der Waals surface area contributed by atoms with Gasteiger partial charge in [0.05, 0.1) is 18.0 Å². The lowest BCUT2D eigenvalue weighted by molar-refractivity contribution is -0.121. The van der Waals surface area contributed by atoms with E-state index in [0.29, 0.717) is 13.1 Å². The first-order valence-electron chi connectivity index (χ1n) is 7.69. The van der Waals surface area contributed by atoms with E-state index in [0.717, 1.165) is 11.1 Å². The smallest absolute Gasteiger partial charge is 0.254 e. The Morgan fingerprint density at radius 3 is 2.56 bits per heavy atom. The third-order valence-corrected chi connectivity index (χ3v) is 5.54. The van der Waals surface area contributed by atoms with Crippen LogP contribution in [0.4, 0.5) is 0 Å². The molecule has 0 saturated heterocycles. The van der Waals surface area contributed by atoms with Gasteiger partial charge in [0.2, 0.25) is 5.91 Å². The Morgan fingerprint density at radius 2 is 1.96 bits per heavy atom. The van der Waals surface area contributed by atoms with Crippen molar-refractivity contribution in [1.82, 2.24) is 10.2 Å². The molecular formula is C17H20N2O4S2. The van der Waals surface area contributed by atoms with E-state index in [1.54, 1.807) is 24.3 Å². The van der Waals surface area contributed by atoms with Crippen LogP contribution in [-0.4, -0.2) is 44.5 Å². The highest BCUT2D eigenvalue weighted by Gasteiger charge is 2.19. The molecular weight excluding hydrogens is 360 g/mol. The maximum Gasteiger partial charge on any atom is 0.254 e. The van der Waals surface area contributed by atoms with Crippen LogP contribution in [0.25, 0.3) is 0 Å². The van der Waals surface area contributed by atoms with Gasteiger partial charge >= 0.3 is 0 Å². The number of benzene rings is 1. The minimum absolute atomic E-state index is 0.0796. The first kappa shape index (κ1) is 19.1. The van der Waals surface area contributed by atoms with Crippen molar-refractivity contribution in [2.24, 2.45) is 0 Å². The molecule has 6 nitrogen and oxygen atoms in total. The molecule has 0 aliphatic heterocycles. The molecule has 0 fully saturated rings. The van der Waals surface area contributed by atoms with Gasteiger partial charge in [-0.25, -0.2) is 8.42 Å². The fourth-order valence-corrected chi connectivity index (χ4v) is 3.51. The van der Waals surface area contributed by atoms with E-state index < -0.39 is 9.84 Å². The second-order valence-electron chi connectivity index (χ2n) is 5.48. The van der Waals surface area contributed by atoms with Gasteiger partial charge in [-0.1, -0.05) is 12.1 Å². The van der Waals surface area contributed by atoms with Crippen LogP contribution in [0.1, 0.15) is 22.2 Å². The van der Waals surface area contributed by atoms with Gasteiger partial charge in [0, 0.05) is 23.2 Å². The van der Waals surface area contributed by atoms with Crippen molar-refractivity contribution in [2.45, 2.75) is 18.4 Å². The number of nitrogens with zero attached hydrogens (tertiary/aromatic N) is 1. The maximum atomic E-state index is 12.6. The van der Waals surface area contributed by atoms with Crippen LogP contribution in [0.15, 0.2) is 46.7 Å². The predicted molar refractivity (Wildman–Crippen MR) is 97.3 cm³/mol. The third kappa shape index (κ3) is 5.40. The lowest BCUT2D eigenvalue weighted by atomic mass is 10.2. The minimum Gasteiger partial charge on any atom is -0.350 e. The van der Waals surface area contributed by atoms with Crippen molar-refractivity contribution in [2.75, 3.05) is 19.3 Å². The van der Waals surface area contributed by atoms with Crippen molar-refractivity contribution >= 4 is 33.0 Å². The lowest BCUT2D eigenvalue weighted by Gasteiger charge is -2.20. The van der Waals surface area contributed by atoms with Crippen molar-refractivity contribution in [3.8, 4) is 0 Å². The van der Waals surface area contributed by atoms with Gasteiger partial charge in [-0.05, 0) is 36.6 Å². The summed E-state index contributed by atoms with van der Waals surface area (Å²) in [5.41, 5.74) is 0.246. The number of amides is 2. The van der Waals surface area contributed by atoms with Gasteiger partial charge in [-0.15, -0.1) is 11.3 Å². The highest BCUT2D eigenvalue weighted by molar-refractivity contribution is 7.90. The van der Waals surface area contributed by atoms with Gasteiger partial charge in [-0.2, -0.15) is 0 Å². The first-order valence-corrected chi connectivity index (χ1v) is 10.5. The molecule has 25 heavy (non-hydrogen) atoms. The number of thiophene rings is 1. The Bertz CT molecular complexity index is 845. The van der Waals surface area contributed by atoms with Gasteiger partial charge in [-0.3, -0.25) is 9.59 Å². The molecule has 1 N–H and O–H groups in total. The van der Waals surface area contributed by atoms with E-state index in [-0.39, 0.29) is 28.8 Å². The van der Waals surface area contributed by atoms with Crippen LogP contribution < -0.4 is 5.32 Å². The van der Waals surface area contributed by atoms with Crippen LogP contribution in [0.2, 0.25) is 0 Å². The summed E-state index contributed by atoms with van der Waals surface area (Å²) in [5, 5.41) is 4.70. The minimum atomic E-state index is -3.40. The molecule has 0 saturated carbocycles. The zero-order valence-electron chi connectivity index (χ0n) is 14.1. The van der Waals surface area contributed by atoms with Crippen molar-refractivity contribution < 1.29 is 18.0 Å². The molecule has 0 unspecified atom stereocenters. The molecule has 0 radical (unpaired) electrons. The predicted octanol–water partition coefficient (Wildman–Crippen LogP) is 1.93. The average Bonchev–Trinajstić information content (AvgIpc) is 3.10. The van der Waals surface area contributed by atoms with Crippen LogP contribution in [0.5, 0.6) is 0 Å². The molecule has 2 rings (SSSR count). The molecule has 1 aromatic heterocycles. The highest BCUT2D eigenvalue weighted by Crippen LogP contribution is 2.13. The molecule has 0 aliphatic carbocycles. The quantitative estimate of drug-likeness (QED) is 0.796. The molecule has 1 aromatic carbocycles. The summed E-state index contributed by atoms with van der Waals surface area (Å²) in [6.45, 7) is 2.45.